The molecule has 1 rings (SSSR count). The molecule has 2 unspecified atom stereocenters. The summed E-state index contributed by atoms with van der Waals surface area (Å²) in [7, 11) is 0. The van der Waals surface area contributed by atoms with Crippen molar-refractivity contribution in [2.45, 2.75) is 52.2 Å². The summed E-state index contributed by atoms with van der Waals surface area (Å²) < 4.78 is 7.20. The van der Waals surface area contributed by atoms with Gasteiger partial charge in [0, 0.05) is 17.1 Å². The molecule has 2 atom stereocenters. The van der Waals surface area contributed by atoms with Crippen molar-refractivity contribution in [3.63, 3.8) is 0 Å². The third kappa shape index (κ3) is 4.59. The standard InChI is InChI=1S/C16H26BrNO/c1-5-16(4,19-7-3)15(18-6-2)12-13-10-8-9-11-14(13)17/h8-11,15,18H,5-7,12H2,1-4H3. The van der Waals surface area contributed by atoms with Crippen LogP contribution in [0.3, 0.4) is 0 Å². The molecule has 19 heavy (non-hydrogen) atoms. The first-order valence-corrected chi connectivity index (χ1v) is 7.97. The Hall–Kier alpha value is -0.380. The molecule has 1 N–H and O–H groups in total. The van der Waals surface area contributed by atoms with Crippen molar-refractivity contribution in [1.29, 1.82) is 0 Å². The monoisotopic (exact) mass is 327 g/mol. The number of benzene rings is 1. The molecular weight excluding hydrogens is 302 g/mol. The van der Waals surface area contributed by atoms with E-state index in [0.717, 1.165) is 26.0 Å². The van der Waals surface area contributed by atoms with Crippen molar-refractivity contribution >= 4 is 15.9 Å². The van der Waals surface area contributed by atoms with Gasteiger partial charge in [0.2, 0.25) is 0 Å². The first-order valence-electron chi connectivity index (χ1n) is 7.18. The SMILES string of the molecule is CCNC(Cc1ccccc1Br)C(C)(CC)OCC. The lowest BCUT2D eigenvalue weighted by Crippen LogP contribution is -2.51. The van der Waals surface area contributed by atoms with Gasteiger partial charge in [-0.1, -0.05) is 48.0 Å². The normalized spacial score (nSPS) is 16.1. The van der Waals surface area contributed by atoms with Crippen LogP contribution in [0.25, 0.3) is 0 Å². The van der Waals surface area contributed by atoms with Gasteiger partial charge in [0.05, 0.1) is 5.60 Å². The Balaban J connectivity index is 2.91. The predicted molar refractivity (Wildman–Crippen MR) is 85.6 cm³/mol. The number of likely N-dealkylation sites (N-methyl/N-ethyl adjacent to an activating group) is 1. The van der Waals surface area contributed by atoms with Crippen LogP contribution in [0, 0.1) is 0 Å². The van der Waals surface area contributed by atoms with Crippen LogP contribution in [-0.4, -0.2) is 24.8 Å². The molecule has 0 heterocycles. The quantitative estimate of drug-likeness (QED) is 0.773. The van der Waals surface area contributed by atoms with Crippen LogP contribution in [-0.2, 0) is 11.2 Å². The molecule has 0 bridgehead atoms. The number of hydrogen-bond acceptors (Lipinski definition) is 2. The van der Waals surface area contributed by atoms with Crippen LogP contribution < -0.4 is 5.32 Å². The Kier molecular flexibility index (Phi) is 7.05. The highest BCUT2D eigenvalue weighted by atomic mass is 79.9. The molecule has 0 aromatic heterocycles. The highest BCUT2D eigenvalue weighted by Crippen LogP contribution is 2.26. The molecule has 1 aromatic rings. The van der Waals surface area contributed by atoms with E-state index in [1.54, 1.807) is 0 Å². The minimum absolute atomic E-state index is 0.125. The van der Waals surface area contributed by atoms with Gasteiger partial charge in [-0.25, -0.2) is 0 Å². The molecule has 0 saturated heterocycles. The molecule has 0 fully saturated rings. The van der Waals surface area contributed by atoms with Crippen molar-refractivity contribution in [3.05, 3.63) is 34.3 Å². The summed E-state index contributed by atoms with van der Waals surface area (Å²) in [6, 6.07) is 8.74. The van der Waals surface area contributed by atoms with E-state index < -0.39 is 0 Å². The minimum atomic E-state index is -0.125. The number of hydrogen-bond donors (Lipinski definition) is 1. The third-order valence-corrected chi connectivity index (χ3v) is 4.52. The van der Waals surface area contributed by atoms with Gasteiger partial charge in [-0.15, -0.1) is 0 Å². The average Bonchev–Trinajstić information content (AvgIpc) is 2.40. The second kappa shape index (κ2) is 8.03. The van der Waals surface area contributed by atoms with Gasteiger partial charge < -0.3 is 10.1 Å². The molecule has 0 saturated carbocycles. The Bertz CT molecular complexity index is 383. The van der Waals surface area contributed by atoms with Crippen LogP contribution in [0.5, 0.6) is 0 Å². The Morgan fingerprint density at radius 2 is 1.95 bits per heavy atom. The maximum absolute atomic E-state index is 6.03. The summed E-state index contributed by atoms with van der Waals surface area (Å²) in [5.74, 6) is 0. The highest BCUT2D eigenvalue weighted by molar-refractivity contribution is 9.10. The van der Waals surface area contributed by atoms with E-state index in [-0.39, 0.29) is 5.60 Å². The summed E-state index contributed by atoms with van der Waals surface area (Å²) in [5, 5.41) is 3.59. The van der Waals surface area contributed by atoms with Gasteiger partial charge in [0.15, 0.2) is 0 Å². The van der Waals surface area contributed by atoms with E-state index in [0.29, 0.717) is 6.04 Å². The molecule has 0 aliphatic carbocycles. The first-order chi connectivity index (χ1) is 9.07. The summed E-state index contributed by atoms with van der Waals surface area (Å²) in [6.07, 6.45) is 1.97. The molecule has 0 radical (unpaired) electrons. The summed E-state index contributed by atoms with van der Waals surface area (Å²) >= 11 is 3.63. The van der Waals surface area contributed by atoms with Crippen molar-refractivity contribution in [2.24, 2.45) is 0 Å². The molecule has 0 aliphatic rings. The lowest BCUT2D eigenvalue weighted by atomic mass is 9.88. The fourth-order valence-electron chi connectivity index (χ4n) is 2.41. The van der Waals surface area contributed by atoms with Crippen LogP contribution >= 0.6 is 15.9 Å². The molecule has 0 spiro atoms. The fraction of sp³-hybridized carbons (Fsp3) is 0.625. The van der Waals surface area contributed by atoms with Gasteiger partial charge in [0.25, 0.3) is 0 Å². The zero-order valence-corrected chi connectivity index (χ0v) is 14.1. The molecule has 108 valence electrons. The lowest BCUT2D eigenvalue weighted by molar-refractivity contribution is -0.0547. The fourth-order valence-corrected chi connectivity index (χ4v) is 2.86. The van der Waals surface area contributed by atoms with Crippen LogP contribution in [0.2, 0.25) is 0 Å². The van der Waals surface area contributed by atoms with E-state index in [4.69, 9.17) is 4.74 Å². The maximum Gasteiger partial charge on any atom is 0.0807 e. The predicted octanol–water partition coefficient (Wildman–Crippen LogP) is 4.17. The van der Waals surface area contributed by atoms with Crippen molar-refractivity contribution < 1.29 is 4.74 Å². The molecule has 1 aromatic carbocycles. The van der Waals surface area contributed by atoms with E-state index in [9.17, 15) is 0 Å². The summed E-state index contributed by atoms with van der Waals surface area (Å²) in [4.78, 5) is 0. The van der Waals surface area contributed by atoms with Gasteiger partial charge >= 0.3 is 0 Å². The van der Waals surface area contributed by atoms with Crippen LogP contribution in [0.15, 0.2) is 28.7 Å². The lowest BCUT2D eigenvalue weighted by Gasteiger charge is -2.37. The number of rotatable bonds is 8. The second-order valence-electron chi connectivity index (χ2n) is 5.01. The van der Waals surface area contributed by atoms with Gasteiger partial charge in [0.1, 0.15) is 0 Å². The smallest absolute Gasteiger partial charge is 0.0807 e. The van der Waals surface area contributed by atoms with E-state index in [1.165, 1.54) is 10.0 Å². The number of ether oxygens (including phenoxy) is 1. The molecular formula is C16H26BrNO. The second-order valence-corrected chi connectivity index (χ2v) is 5.86. The largest absolute Gasteiger partial charge is 0.374 e. The van der Waals surface area contributed by atoms with Gasteiger partial charge in [-0.05, 0) is 44.9 Å². The topological polar surface area (TPSA) is 21.3 Å². The number of halogens is 1. The Morgan fingerprint density at radius 3 is 2.47 bits per heavy atom. The van der Waals surface area contributed by atoms with Crippen LogP contribution in [0.4, 0.5) is 0 Å². The van der Waals surface area contributed by atoms with Crippen molar-refractivity contribution in [3.8, 4) is 0 Å². The summed E-state index contributed by atoms with van der Waals surface area (Å²) in [5.41, 5.74) is 1.20. The van der Waals surface area contributed by atoms with E-state index >= 15 is 0 Å². The van der Waals surface area contributed by atoms with Gasteiger partial charge in [-0.3, -0.25) is 0 Å². The Labute approximate surface area is 126 Å². The zero-order valence-electron chi connectivity index (χ0n) is 12.5. The van der Waals surface area contributed by atoms with Crippen LogP contribution in [0.1, 0.15) is 39.7 Å². The zero-order chi connectivity index (χ0) is 14.3. The minimum Gasteiger partial charge on any atom is -0.374 e. The highest BCUT2D eigenvalue weighted by Gasteiger charge is 2.33. The number of nitrogens with one attached hydrogen (secondary N) is 1. The molecule has 0 amide bonds. The molecule has 2 nitrogen and oxygen atoms in total. The summed E-state index contributed by atoms with van der Waals surface area (Å²) in [6.45, 7) is 10.3. The third-order valence-electron chi connectivity index (χ3n) is 3.75. The Morgan fingerprint density at radius 1 is 1.26 bits per heavy atom. The van der Waals surface area contributed by atoms with Crippen molar-refractivity contribution in [1.82, 2.24) is 5.32 Å². The molecule has 0 aliphatic heterocycles. The van der Waals surface area contributed by atoms with E-state index in [1.807, 2.05) is 0 Å². The van der Waals surface area contributed by atoms with E-state index in [2.05, 4.69) is 73.2 Å². The first kappa shape index (κ1) is 16.7. The molecule has 3 heteroatoms. The van der Waals surface area contributed by atoms with Crippen molar-refractivity contribution in [2.75, 3.05) is 13.2 Å². The van der Waals surface area contributed by atoms with Gasteiger partial charge in [-0.2, -0.15) is 0 Å². The average molecular weight is 328 g/mol. The maximum atomic E-state index is 6.03.